The SMILES string of the molecule is C=CCOCC1CCN(C(=O)c2cc(C)on2)CC1. The van der Waals surface area contributed by atoms with Crippen LogP contribution in [0, 0.1) is 12.8 Å². The van der Waals surface area contributed by atoms with Crippen molar-refractivity contribution >= 4 is 5.91 Å². The molecule has 0 unspecified atom stereocenters. The highest BCUT2D eigenvalue weighted by atomic mass is 16.5. The van der Waals surface area contributed by atoms with Gasteiger partial charge in [0.05, 0.1) is 6.61 Å². The van der Waals surface area contributed by atoms with E-state index in [0.717, 1.165) is 32.5 Å². The summed E-state index contributed by atoms with van der Waals surface area (Å²) < 4.78 is 10.4. The Hall–Kier alpha value is -1.62. The first-order valence-electron chi connectivity index (χ1n) is 6.62. The average Bonchev–Trinajstić information content (AvgIpc) is 2.86. The van der Waals surface area contributed by atoms with Crippen LogP contribution >= 0.6 is 0 Å². The van der Waals surface area contributed by atoms with E-state index in [0.29, 0.717) is 24.0 Å². The highest BCUT2D eigenvalue weighted by molar-refractivity contribution is 5.92. The van der Waals surface area contributed by atoms with E-state index >= 15 is 0 Å². The van der Waals surface area contributed by atoms with Crippen LogP contribution in [0.3, 0.4) is 0 Å². The lowest BCUT2D eigenvalue weighted by Gasteiger charge is -2.31. The molecule has 1 amide bonds. The predicted octanol–water partition coefficient (Wildman–Crippen LogP) is 2.04. The Labute approximate surface area is 113 Å². The first-order chi connectivity index (χ1) is 9.20. The minimum absolute atomic E-state index is 0.0395. The zero-order chi connectivity index (χ0) is 13.7. The van der Waals surface area contributed by atoms with E-state index in [4.69, 9.17) is 9.26 Å². The average molecular weight is 264 g/mol. The molecular weight excluding hydrogens is 244 g/mol. The fourth-order valence-corrected chi connectivity index (χ4v) is 2.25. The number of amides is 1. The highest BCUT2D eigenvalue weighted by Crippen LogP contribution is 2.19. The van der Waals surface area contributed by atoms with Crippen molar-refractivity contribution in [2.45, 2.75) is 19.8 Å². The van der Waals surface area contributed by atoms with Crippen LogP contribution in [-0.2, 0) is 4.74 Å². The van der Waals surface area contributed by atoms with Gasteiger partial charge in [0.25, 0.3) is 5.91 Å². The minimum Gasteiger partial charge on any atom is -0.377 e. The van der Waals surface area contributed by atoms with Gasteiger partial charge < -0.3 is 14.2 Å². The number of aryl methyl sites for hydroxylation is 1. The van der Waals surface area contributed by atoms with Gasteiger partial charge in [-0.1, -0.05) is 11.2 Å². The van der Waals surface area contributed by atoms with Crippen molar-refractivity contribution in [3.05, 3.63) is 30.2 Å². The molecule has 1 fully saturated rings. The molecular formula is C14H20N2O3. The molecule has 2 heterocycles. The third-order valence-corrected chi connectivity index (χ3v) is 3.34. The summed E-state index contributed by atoms with van der Waals surface area (Å²) >= 11 is 0. The standard InChI is InChI=1S/C14H20N2O3/c1-3-8-18-10-12-4-6-16(7-5-12)14(17)13-9-11(2)19-15-13/h3,9,12H,1,4-8,10H2,2H3. The number of aromatic nitrogens is 1. The molecule has 0 spiro atoms. The van der Waals surface area contributed by atoms with E-state index in [1.54, 1.807) is 19.1 Å². The molecule has 0 N–H and O–H groups in total. The number of likely N-dealkylation sites (tertiary alicyclic amines) is 1. The number of rotatable bonds is 5. The Bertz CT molecular complexity index is 434. The molecule has 1 aliphatic rings. The minimum atomic E-state index is -0.0395. The first kappa shape index (κ1) is 13.8. The van der Waals surface area contributed by atoms with Crippen molar-refractivity contribution in [1.29, 1.82) is 0 Å². The molecule has 5 nitrogen and oxygen atoms in total. The number of hydrogen-bond acceptors (Lipinski definition) is 4. The summed E-state index contributed by atoms with van der Waals surface area (Å²) in [5, 5.41) is 3.77. The molecule has 2 rings (SSSR count). The highest BCUT2D eigenvalue weighted by Gasteiger charge is 2.25. The summed E-state index contributed by atoms with van der Waals surface area (Å²) in [6.07, 6.45) is 3.70. The third kappa shape index (κ3) is 3.67. The molecule has 0 saturated carbocycles. The Balaban J connectivity index is 1.79. The molecule has 1 saturated heterocycles. The van der Waals surface area contributed by atoms with Crippen molar-refractivity contribution in [2.75, 3.05) is 26.3 Å². The van der Waals surface area contributed by atoms with Crippen LogP contribution in [0.15, 0.2) is 23.2 Å². The van der Waals surface area contributed by atoms with Crippen LogP contribution in [0.4, 0.5) is 0 Å². The maximum Gasteiger partial charge on any atom is 0.276 e. The molecule has 5 heteroatoms. The van der Waals surface area contributed by atoms with Gasteiger partial charge in [-0.25, -0.2) is 0 Å². The summed E-state index contributed by atoms with van der Waals surface area (Å²) in [6.45, 7) is 8.26. The second-order valence-corrected chi connectivity index (χ2v) is 4.88. The van der Waals surface area contributed by atoms with E-state index in [1.807, 2.05) is 4.90 Å². The number of nitrogens with zero attached hydrogens (tertiary/aromatic N) is 2. The van der Waals surface area contributed by atoms with Crippen LogP contribution in [0.2, 0.25) is 0 Å². The van der Waals surface area contributed by atoms with Crippen molar-refractivity contribution < 1.29 is 14.1 Å². The Kier molecular flexibility index (Phi) is 4.74. The summed E-state index contributed by atoms with van der Waals surface area (Å²) in [5.74, 6) is 1.15. The lowest BCUT2D eigenvalue weighted by Crippen LogP contribution is -2.39. The lowest BCUT2D eigenvalue weighted by atomic mass is 9.97. The van der Waals surface area contributed by atoms with E-state index < -0.39 is 0 Å². The molecule has 0 aromatic carbocycles. The van der Waals surface area contributed by atoms with Crippen LogP contribution in [0.5, 0.6) is 0 Å². The lowest BCUT2D eigenvalue weighted by molar-refractivity contribution is 0.0567. The van der Waals surface area contributed by atoms with Gasteiger partial charge >= 0.3 is 0 Å². The molecule has 19 heavy (non-hydrogen) atoms. The maximum absolute atomic E-state index is 12.1. The van der Waals surface area contributed by atoms with Crippen molar-refractivity contribution in [3.8, 4) is 0 Å². The normalized spacial score (nSPS) is 16.6. The van der Waals surface area contributed by atoms with Gasteiger partial charge in [-0.3, -0.25) is 4.79 Å². The van der Waals surface area contributed by atoms with E-state index in [9.17, 15) is 4.79 Å². The second-order valence-electron chi connectivity index (χ2n) is 4.88. The summed E-state index contributed by atoms with van der Waals surface area (Å²) in [5.41, 5.74) is 0.402. The number of piperidine rings is 1. The number of ether oxygens (including phenoxy) is 1. The quantitative estimate of drug-likeness (QED) is 0.603. The Morgan fingerprint density at radius 1 is 1.63 bits per heavy atom. The number of hydrogen-bond donors (Lipinski definition) is 0. The number of carbonyl (C=O) groups excluding carboxylic acids is 1. The molecule has 0 radical (unpaired) electrons. The van der Waals surface area contributed by atoms with Gasteiger partial charge in [0, 0.05) is 25.8 Å². The van der Waals surface area contributed by atoms with Gasteiger partial charge in [-0.2, -0.15) is 0 Å². The maximum atomic E-state index is 12.1. The Morgan fingerprint density at radius 2 is 2.37 bits per heavy atom. The molecule has 0 atom stereocenters. The molecule has 1 aromatic heterocycles. The van der Waals surface area contributed by atoms with Crippen molar-refractivity contribution in [1.82, 2.24) is 10.1 Å². The molecule has 0 aliphatic carbocycles. The van der Waals surface area contributed by atoms with Crippen LogP contribution < -0.4 is 0 Å². The van der Waals surface area contributed by atoms with Gasteiger partial charge in [-0.15, -0.1) is 6.58 Å². The van der Waals surface area contributed by atoms with Crippen molar-refractivity contribution in [2.24, 2.45) is 5.92 Å². The zero-order valence-electron chi connectivity index (χ0n) is 11.3. The van der Waals surface area contributed by atoms with E-state index in [2.05, 4.69) is 11.7 Å². The van der Waals surface area contributed by atoms with Crippen LogP contribution in [0.1, 0.15) is 29.1 Å². The van der Waals surface area contributed by atoms with Gasteiger partial charge in [0.1, 0.15) is 5.76 Å². The molecule has 104 valence electrons. The summed E-state index contributed by atoms with van der Waals surface area (Å²) in [7, 11) is 0. The number of carbonyl (C=O) groups is 1. The molecule has 1 aromatic rings. The van der Waals surface area contributed by atoms with Gasteiger partial charge in [0.2, 0.25) is 0 Å². The predicted molar refractivity (Wildman–Crippen MR) is 70.9 cm³/mol. The summed E-state index contributed by atoms with van der Waals surface area (Å²) in [6, 6.07) is 1.68. The fraction of sp³-hybridized carbons (Fsp3) is 0.571. The third-order valence-electron chi connectivity index (χ3n) is 3.34. The van der Waals surface area contributed by atoms with E-state index in [-0.39, 0.29) is 5.91 Å². The van der Waals surface area contributed by atoms with E-state index in [1.165, 1.54) is 0 Å². The molecule has 0 bridgehead atoms. The van der Waals surface area contributed by atoms with Crippen LogP contribution in [-0.4, -0.2) is 42.3 Å². The Morgan fingerprint density at radius 3 is 2.95 bits per heavy atom. The molecule has 1 aliphatic heterocycles. The second kappa shape index (κ2) is 6.52. The largest absolute Gasteiger partial charge is 0.377 e. The smallest absolute Gasteiger partial charge is 0.276 e. The first-order valence-corrected chi connectivity index (χ1v) is 6.62. The topological polar surface area (TPSA) is 55.6 Å². The fourth-order valence-electron chi connectivity index (χ4n) is 2.25. The van der Waals surface area contributed by atoms with Crippen molar-refractivity contribution in [3.63, 3.8) is 0 Å². The van der Waals surface area contributed by atoms with Gasteiger partial charge in [0.15, 0.2) is 5.69 Å². The monoisotopic (exact) mass is 264 g/mol. The van der Waals surface area contributed by atoms with Crippen LogP contribution in [0.25, 0.3) is 0 Å². The zero-order valence-corrected chi connectivity index (χ0v) is 11.3. The van der Waals surface area contributed by atoms with Gasteiger partial charge in [-0.05, 0) is 25.7 Å². The summed E-state index contributed by atoms with van der Waals surface area (Å²) in [4.78, 5) is 14.0.